The Labute approximate surface area is 259 Å². The molecule has 0 saturated heterocycles. The van der Waals surface area contributed by atoms with Gasteiger partial charge in [0.2, 0.25) is 11.8 Å². The molecule has 234 valence electrons. The Hall–Kier alpha value is -4.50. The van der Waals surface area contributed by atoms with Gasteiger partial charge in [-0.3, -0.25) is 9.59 Å². The Morgan fingerprint density at radius 1 is 0.909 bits per heavy atom. The average molecular weight is 602 g/mol. The minimum absolute atomic E-state index is 0.0500. The molecule has 0 aromatic heterocycles. The van der Waals surface area contributed by atoms with Crippen LogP contribution in [0.15, 0.2) is 84.9 Å². The van der Waals surface area contributed by atoms with Gasteiger partial charge in [0.15, 0.2) is 0 Å². The fourth-order valence-electron chi connectivity index (χ4n) is 4.98. The second-order valence-corrected chi connectivity index (χ2v) is 11.0. The Balaban J connectivity index is 1.79. The van der Waals surface area contributed by atoms with Crippen LogP contribution in [-0.4, -0.2) is 54.5 Å². The number of unbranched alkanes of at least 4 members (excludes halogenated alkanes) is 2. The highest BCUT2D eigenvalue weighted by Gasteiger charge is 2.41. The maximum Gasteiger partial charge on any atom is 0.408 e. The highest BCUT2D eigenvalue weighted by atomic mass is 16.5. The maximum absolute atomic E-state index is 13.1. The standard InChI is InChI=1S/C35H43N3O6/c1-3-4-7-20-32(41)38-31(22-39)35(25-40,21-29-18-12-13-19-30(29)28-16-10-6-11-17-28)24-36-33(42)26(2)37-34(43)44-23-27-14-8-5-9-15-27/h5-6,8-19,22,26,31,40H,3-4,7,20-21,23-25H2,1-2H3,(H,36,42)(H,37,43)(H,38,41)/t26-,31?,35?/m0/s1. The second-order valence-electron chi connectivity index (χ2n) is 11.0. The van der Waals surface area contributed by atoms with Crippen LogP contribution in [0.2, 0.25) is 0 Å². The number of hydrogen-bond donors (Lipinski definition) is 4. The number of hydrogen-bond acceptors (Lipinski definition) is 6. The minimum Gasteiger partial charge on any atom is -0.445 e. The molecule has 44 heavy (non-hydrogen) atoms. The topological polar surface area (TPSA) is 134 Å². The summed E-state index contributed by atoms with van der Waals surface area (Å²) in [7, 11) is 0. The molecule has 0 heterocycles. The number of alkyl carbamates (subject to hydrolysis) is 1. The van der Waals surface area contributed by atoms with Gasteiger partial charge >= 0.3 is 6.09 Å². The first-order valence-corrected chi connectivity index (χ1v) is 15.1. The molecule has 0 aliphatic heterocycles. The van der Waals surface area contributed by atoms with E-state index in [1.807, 2.05) is 91.9 Å². The summed E-state index contributed by atoms with van der Waals surface area (Å²) in [5, 5.41) is 19.0. The average Bonchev–Trinajstić information content (AvgIpc) is 3.05. The molecule has 3 amide bonds. The van der Waals surface area contributed by atoms with Crippen molar-refractivity contribution in [2.45, 2.75) is 64.6 Å². The number of benzene rings is 3. The lowest BCUT2D eigenvalue weighted by Crippen LogP contribution is -2.58. The number of aliphatic hydroxyl groups excluding tert-OH is 1. The number of aldehydes is 1. The molecule has 0 fully saturated rings. The van der Waals surface area contributed by atoms with Gasteiger partial charge in [0, 0.05) is 18.4 Å². The molecule has 3 aromatic rings. The fourth-order valence-corrected chi connectivity index (χ4v) is 4.98. The zero-order valence-electron chi connectivity index (χ0n) is 25.5. The molecular formula is C35H43N3O6. The summed E-state index contributed by atoms with van der Waals surface area (Å²) in [6.45, 7) is 2.95. The molecule has 0 saturated carbocycles. The van der Waals surface area contributed by atoms with Crippen LogP contribution in [0.4, 0.5) is 4.79 Å². The highest BCUT2D eigenvalue weighted by Crippen LogP contribution is 2.32. The van der Waals surface area contributed by atoms with Crippen molar-refractivity contribution in [3.8, 4) is 11.1 Å². The van der Waals surface area contributed by atoms with Crippen LogP contribution in [-0.2, 0) is 32.1 Å². The van der Waals surface area contributed by atoms with Crippen molar-refractivity contribution in [3.63, 3.8) is 0 Å². The van der Waals surface area contributed by atoms with Crippen molar-refractivity contribution in [1.29, 1.82) is 0 Å². The second kappa shape index (κ2) is 17.6. The van der Waals surface area contributed by atoms with Gasteiger partial charge in [0.1, 0.15) is 18.9 Å². The summed E-state index contributed by atoms with van der Waals surface area (Å²) >= 11 is 0. The van der Waals surface area contributed by atoms with Crippen molar-refractivity contribution >= 4 is 24.2 Å². The first-order chi connectivity index (χ1) is 21.3. The van der Waals surface area contributed by atoms with E-state index in [2.05, 4.69) is 16.0 Å². The number of carbonyl (C=O) groups is 4. The van der Waals surface area contributed by atoms with E-state index < -0.39 is 36.1 Å². The summed E-state index contributed by atoms with van der Waals surface area (Å²) in [6, 6.07) is 24.5. The molecule has 9 heteroatoms. The van der Waals surface area contributed by atoms with Crippen molar-refractivity contribution in [2.24, 2.45) is 5.41 Å². The molecule has 3 aromatic carbocycles. The van der Waals surface area contributed by atoms with Gasteiger partial charge < -0.3 is 30.6 Å². The molecule has 0 aliphatic carbocycles. The van der Waals surface area contributed by atoms with Gasteiger partial charge in [0.05, 0.1) is 12.6 Å². The smallest absolute Gasteiger partial charge is 0.408 e. The largest absolute Gasteiger partial charge is 0.445 e. The van der Waals surface area contributed by atoms with E-state index >= 15 is 0 Å². The van der Waals surface area contributed by atoms with Crippen LogP contribution in [0, 0.1) is 5.41 Å². The summed E-state index contributed by atoms with van der Waals surface area (Å²) < 4.78 is 5.23. The predicted molar refractivity (Wildman–Crippen MR) is 169 cm³/mol. The van der Waals surface area contributed by atoms with Crippen molar-refractivity contribution in [3.05, 3.63) is 96.1 Å². The third-order valence-corrected chi connectivity index (χ3v) is 7.63. The van der Waals surface area contributed by atoms with Gasteiger partial charge in [0.25, 0.3) is 0 Å². The summed E-state index contributed by atoms with van der Waals surface area (Å²) in [5.41, 5.74) is 2.23. The summed E-state index contributed by atoms with van der Waals surface area (Å²) in [6.07, 6.45) is 2.79. The maximum atomic E-state index is 13.1. The van der Waals surface area contributed by atoms with E-state index in [4.69, 9.17) is 4.74 Å². The minimum atomic E-state index is -1.28. The number of rotatable bonds is 17. The fraction of sp³-hybridized carbons (Fsp3) is 0.371. The van der Waals surface area contributed by atoms with Crippen LogP contribution < -0.4 is 16.0 Å². The lowest BCUT2D eigenvalue weighted by molar-refractivity contribution is -0.127. The zero-order chi connectivity index (χ0) is 31.8. The van der Waals surface area contributed by atoms with E-state index in [0.717, 1.165) is 35.1 Å². The number of amides is 3. The van der Waals surface area contributed by atoms with Gasteiger partial charge in [-0.2, -0.15) is 0 Å². The summed E-state index contributed by atoms with van der Waals surface area (Å²) in [4.78, 5) is 50.8. The van der Waals surface area contributed by atoms with Crippen LogP contribution in [0.5, 0.6) is 0 Å². The first-order valence-electron chi connectivity index (χ1n) is 15.1. The summed E-state index contributed by atoms with van der Waals surface area (Å²) in [5.74, 6) is -0.831. The number of aliphatic hydroxyl groups is 1. The molecule has 3 atom stereocenters. The SMILES string of the molecule is CCCCCC(=O)NC(C=O)C(CO)(CNC(=O)[C@H](C)NC(=O)OCc1ccccc1)Cc1ccccc1-c1ccccc1. The first kappa shape index (κ1) is 34.0. The van der Waals surface area contributed by atoms with Crippen molar-refractivity contribution < 1.29 is 29.0 Å². The normalized spacial score (nSPS) is 13.5. The highest BCUT2D eigenvalue weighted by molar-refractivity contribution is 5.85. The number of nitrogens with one attached hydrogen (secondary N) is 3. The molecule has 4 N–H and O–H groups in total. The number of ether oxygens (including phenoxy) is 1. The van der Waals surface area contributed by atoms with Gasteiger partial charge in [-0.05, 0) is 42.0 Å². The third kappa shape index (κ3) is 10.1. The Morgan fingerprint density at radius 3 is 2.23 bits per heavy atom. The van der Waals surface area contributed by atoms with Gasteiger partial charge in [-0.25, -0.2) is 4.79 Å². The van der Waals surface area contributed by atoms with Gasteiger partial charge in [-0.1, -0.05) is 105 Å². The van der Waals surface area contributed by atoms with Crippen LogP contribution in [0.1, 0.15) is 50.7 Å². The van der Waals surface area contributed by atoms with Gasteiger partial charge in [-0.15, -0.1) is 0 Å². The van der Waals surface area contributed by atoms with E-state index in [9.17, 15) is 24.3 Å². The molecule has 3 rings (SSSR count). The lowest BCUT2D eigenvalue weighted by Gasteiger charge is -2.38. The molecule has 0 spiro atoms. The van der Waals surface area contributed by atoms with Crippen LogP contribution >= 0.6 is 0 Å². The number of carbonyl (C=O) groups excluding carboxylic acids is 4. The monoisotopic (exact) mass is 601 g/mol. The Kier molecular flexibility index (Phi) is 13.6. The van der Waals surface area contributed by atoms with Crippen LogP contribution in [0.25, 0.3) is 11.1 Å². The third-order valence-electron chi connectivity index (χ3n) is 7.63. The molecule has 0 bridgehead atoms. The van der Waals surface area contributed by atoms with E-state index in [-0.39, 0.29) is 31.9 Å². The van der Waals surface area contributed by atoms with E-state index in [0.29, 0.717) is 12.7 Å². The predicted octanol–water partition coefficient (Wildman–Crippen LogP) is 4.57. The lowest BCUT2D eigenvalue weighted by atomic mass is 9.74. The van der Waals surface area contributed by atoms with E-state index in [1.165, 1.54) is 6.92 Å². The Bertz CT molecular complexity index is 1350. The molecule has 0 aliphatic rings. The van der Waals surface area contributed by atoms with Crippen molar-refractivity contribution in [1.82, 2.24) is 16.0 Å². The van der Waals surface area contributed by atoms with Crippen molar-refractivity contribution in [2.75, 3.05) is 13.2 Å². The zero-order valence-corrected chi connectivity index (χ0v) is 25.5. The Morgan fingerprint density at radius 2 is 1.57 bits per heavy atom. The quantitative estimate of drug-likeness (QED) is 0.132. The molecular weight excluding hydrogens is 558 g/mol. The molecule has 2 unspecified atom stereocenters. The molecule has 9 nitrogen and oxygen atoms in total. The van der Waals surface area contributed by atoms with Crippen LogP contribution in [0.3, 0.4) is 0 Å². The van der Waals surface area contributed by atoms with E-state index in [1.54, 1.807) is 0 Å². The molecule has 0 radical (unpaired) electrons.